The molecule has 0 bridgehead atoms. The number of aryl methyl sites for hydroxylation is 1. The van der Waals surface area contributed by atoms with Gasteiger partial charge >= 0.3 is 0 Å². The van der Waals surface area contributed by atoms with Crippen LogP contribution in [0.25, 0.3) is 11.5 Å². The molecule has 0 spiro atoms. The maximum Gasteiger partial charge on any atom is 0.226 e. The van der Waals surface area contributed by atoms with Gasteiger partial charge in [0.05, 0.1) is 12.2 Å². The Kier molecular flexibility index (Phi) is 6.26. The number of rotatable bonds is 6. The van der Waals surface area contributed by atoms with Crippen LogP contribution in [-0.2, 0) is 6.54 Å². The molecule has 1 aromatic heterocycles. The van der Waals surface area contributed by atoms with Crippen molar-refractivity contribution in [2.45, 2.75) is 26.3 Å². The number of benzene rings is 2. The van der Waals surface area contributed by atoms with Crippen LogP contribution in [0.1, 0.15) is 29.7 Å². The highest BCUT2D eigenvalue weighted by Gasteiger charge is 2.09. The van der Waals surface area contributed by atoms with Gasteiger partial charge in [-0.25, -0.2) is 4.98 Å². The number of nitrogens with one attached hydrogen (secondary N) is 2. The van der Waals surface area contributed by atoms with Crippen molar-refractivity contribution in [1.29, 1.82) is 0 Å². The Morgan fingerprint density at radius 1 is 1.11 bits per heavy atom. The molecule has 0 aliphatic carbocycles. The van der Waals surface area contributed by atoms with Crippen LogP contribution in [-0.4, -0.2) is 24.5 Å². The standard InChI is InChI=1S/C22H26N4O/c1-16-8-7-11-19(12-16)17(2)13-24-22(23-3)25-14-20-15-27-21(26-20)18-9-5-4-6-10-18/h4-12,15,17H,13-14H2,1-3H3,(H2,23,24,25). The van der Waals surface area contributed by atoms with E-state index in [0.717, 1.165) is 23.8 Å². The van der Waals surface area contributed by atoms with Crippen LogP contribution in [0.3, 0.4) is 0 Å². The highest BCUT2D eigenvalue weighted by molar-refractivity contribution is 5.79. The predicted octanol–water partition coefficient (Wildman–Crippen LogP) is 4.12. The van der Waals surface area contributed by atoms with Gasteiger partial charge in [0.1, 0.15) is 6.26 Å². The zero-order valence-electron chi connectivity index (χ0n) is 16.1. The van der Waals surface area contributed by atoms with E-state index in [1.807, 2.05) is 30.3 Å². The summed E-state index contributed by atoms with van der Waals surface area (Å²) < 4.78 is 5.57. The summed E-state index contributed by atoms with van der Waals surface area (Å²) in [5.74, 6) is 1.77. The van der Waals surface area contributed by atoms with E-state index in [4.69, 9.17) is 4.42 Å². The van der Waals surface area contributed by atoms with Gasteiger partial charge in [-0.3, -0.25) is 4.99 Å². The summed E-state index contributed by atoms with van der Waals surface area (Å²) in [6.45, 7) is 5.68. The normalized spacial score (nSPS) is 12.6. The molecule has 5 heteroatoms. The maximum atomic E-state index is 5.57. The third-order valence-corrected chi connectivity index (χ3v) is 4.42. The van der Waals surface area contributed by atoms with Crippen molar-refractivity contribution in [1.82, 2.24) is 15.6 Å². The van der Waals surface area contributed by atoms with Crippen LogP contribution < -0.4 is 10.6 Å². The first-order valence-electron chi connectivity index (χ1n) is 9.16. The van der Waals surface area contributed by atoms with Crippen LogP contribution in [0.15, 0.2) is 70.3 Å². The number of guanidine groups is 1. The van der Waals surface area contributed by atoms with Crippen molar-refractivity contribution in [2.75, 3.05) is 13.6 Å². The highest BCUT2D eigenvalue weighted by atomic mass is 16.3. The molecule has 2 N–H and O–H groups in total. The second kappa shape index (κ2) is 9.03. The Hall–Kier alpha value is -3.08. The average Bonchev–Trinajstić information content (AvgIpc) is 3.17. The molecule has 0 saturated carbocycles. The summed E-state index contributed by atoms with van der Waals surface area (Å²) in [5.41, 5.74) is 4.41. The third-order valence-electron chi connectivity index (χ3n) is 4.42. The minimum atomic E-state index is 0.389. The van der Waals surface area contributed by atoms with Gasteiger partial charge in [0.25, 0.3) is 0 Å². The molecule has 0 aliphatic rings. The zero-order valence-corrected chi connectivity index (χ0v) is 16.1. The fraction of sp³-hybridized carbons (Fsp3) is 0.273. The van der Waals surface area contributed by atoms with Gasteiger partial charge in [-0.05, 0) is 30.5 Å². The number of aromatic nitrogens is 1. The molecule has 0 amide bonds. The zero-order chi connectivity index (χ0) is 19.1. The van der Waals surface area contributed by atoms with Gasteiger partial charge in [-0.2, -0.15) is 0 Å². The van der Waals surface area contributed by atoms with Crippen molar-refractivity contribution in [2.24, 2.45) is 4.99 Å². The van der Waals surface area contributed by atoms with Crippen molar-refractivity contribution < 1.29 is 4.42 Å². The van der Waals surface area contributed by atoms with E-state index in [1.165, 1.54) is 11.1 Å². The molecule has 140 valence electrons. The molecule has 27 heavy (non-hydrogen) atoms. The second-order valence-corrected chi connectivity index (χ2v) is 6.63. The van der Waals surface area contributed by atoms with Gasteiger partial charge in [0.15, 0.2) is 5.96 Å². The summed E-state index contributed by atoms with van der Waals surface area (Å²) in [6.07, 6.45) is 1.68. The fourth-order valence-corrected chi connectivity index (χ4v) is 2.84. The Morgan fingerprint density at radius 3 is 2.67 bits per heavy atom. The molecule has 1 atom stereocenters. The Morgan fingerprint density at radius 2 is 1.93 bits per heavy atom. The van der Waals surface area contributed by atoms with Crippen LogP contribution in [0, 0.1) is 6.92 Å². The van der Waals surface area contributed by atoms with E-state index >= 15 is 0 Å². The number of hydrogen-bond donors (Lipinski definition) is 2. The molecule has 1 unspecified atom stereocenters. The molecule has 0 radical (unpaired) electrons. The first kappa shape index (κ1) is 18.7. The van der Waals surface area contributed by atoms with Crippen molar-refractivity contribution in [3.8, 4) is 11.5 Å². The van der Waals surface area contributed by atoms with Gasteiger partial charge in [0, 0.05) is 19.2 Å². The monoisotopic (exact) mass is 362 g/mol. The molecule has 3 aromatic rings. The van der Waals surface area contributed by atoms with Crippen LogP contribution in [0.2, 0.25) is 0 Å². The molecule has 0 aliphatic heterocycles. The summed E-state index contributed by atoms with van der Waals surface area (Å²) >= 11 is 0. The van der Waals surface area contributed by atoms with Crippen LogP contribution in [0.5, 0.6) is 0 Å². The maximum absolute atomic E-state index is 5.57. The van der Waals surface area contributed by atoms with E-state index < -0.39 is 0 Å². The van der Waals surface area contributed by atoms with E-state index in [0.29, 0.717) is 18.4 Å². The minimum Gasteiger partial charge on any atom is -0.444 e. The van der Waals surface area contributed by atoms with Gasteiger partial charge in [-0.1, -0.05) is 55.0 Å². The van der Waals surface area contributed by atoms with E-state index in [-0.39, 0.29) is 0 Å². The lowest BCUT2D eigenvalue weighted by atomic mass is 9.99. The summed E-state index contributed by atoms with van der Waals surface area (Å²) in [6, 6.07) is 18.5. The topological polar surface area (TPSA) is 62.5 Å². The Balaban J connectivity index is 1.52. The first-order chi connectivity index (χ1) is 13.2. The average molecular weight is 362 g/mol. The minimum absolute atomic E-state index is 0.389. The lowest BCUT2D eigenvalue weighted by molar-refractivity contribution is 0.572. The molecular formula is C22H26N4O. The predicted molar refractivity (Wildman–Crippen MR) is 110 cm³/mol. The summed E-state index contributed by atoms with van der Waals surface area (Å²) in [7, 11) is 1.77. The lowest BCUT2D eigenvalue weighted by Gasteiger charge is -2.16. The molecular weight excluding hydrogens is 336 g/mol. The second-order valence-electron chi connectivity index (χ2n) is 6.63. The molecule has 3 rings (SSSR count). The Labute approximate surface area is 160 Å². The van der Waals surface area contributed by atoms with E-state index in [1.54, 1.807) is 13.3 Å². The van der Waals surface area contributed by atoms with Crippen molar-refractivity contribution in [3.05, 3.63) is 77.7 Å². The van der Waals surface area contributed by atoms with Crippen LogP contribution >= 0.6 is 0 Å². The smallest absolute Gasteiger partial charge is 0.226 e. The van der Waals surface area contributed by atoms with Crippen molar-refractivity contribution in [3.63, 3.8) is 0 Å². The quantitative estimate of drug-likeness (QED) is 0.511. The number of nitrogens with zero attached hydrogens (tertiary/aromatic N) is 2. The van der Waals surface area contributed by atoms with E-state index in [2.05, 4.69) is 58.7 Å². The number of hydrogen-bond acceptors (Lipinski definition) is 3. The first-order valence-corrected chi connectivity index (χ1v) is 9.16. The largest absolute Gasteiger partial charge is 0.444 e. The van der Waals surface area contributed by atoms with Gasteiger partial charge < -0.3 is 15.1 Å². The third kappa shape index (κ3) is 5.20. The van der Waals surface area contributed by atoms with Crippen LogP contribution in [0.4, 0.5) is 0 Å². The molecule has 0 fully saturated rings. The van der Waals surface area contributed by atoms with Gasteiger partial charge in [0.2, 0.25) is 5.89 Å². The molecule has 1 heterocycles. The van der Waals surface area contributed by atoms with Gasteiger partial charge in [-0.15, -0.1) is 0 Å². The molecule has 5 nitrogen and oxygen atoms in total. The fourth-order valence-electron chi connectivity index (χ4n) is 2.84. The number of aliphatic imine (C=N–C) groups is 1. The highest BCUT2D eigenvalue weighted by Crippen LogP contribution is 2.18. The lowest BCUT2D eigenvalue weighted by Crippen LogP contribution is -2.38. The molecule has 0 saturated heterocycles. The van der Waals surface area contributed by atoms with Crippen molar-refractivity contribution >= 4 is 5.96 Å². The number of oxazole rings is 1. The SMILES string of the molecule is CN=C(NCc1coc(-c2ccccc2)n1)NCC(C)c1cccc(C)c1. The Bertz CT molecular complexity index is 886. The summed E-state index contributed by atoms with van der Waals surface area (Å²) in [4.78, 5) is 8.81. The summed E-state index contributed by atoms with van der Waals surface area (Å²) in [5, 5.41) is 6.66. The molecule has 2 aromatic carbocycles. The van der Waals surface area contributed by atoms with E-state index in [9.17, 15) is 0 Å².